The molecule has 0 bridgehead atoms. The van der Waals surface area contributed by atoms with Gasteiger partial charge in [-0.1, -0.05) is 31.5 Å². The molecule has 20 heavy (non-hydrogen) atoms. The van der Waals surface area contributed by atoms with Gasteiger partial charge < -0.3 is 10.2 Å². The van der Waals surface area contributed by atoms with E-state index in [1.54, 1.807) is 6.20 Å². The summed E-state index contributed by atoms with van der Waals surface area (Å²) in [7, 11) is 0. The lowest BCUT2D eigenvalue weighted by molar-refractivity contribution is 0.816. The second kappa shape index (κ2) is 5.86. The van der Waals surface area contributed by atoms with Gasteiger partial charge in [-0.15, -0.1) is 5.10 Å². The Bertz CT molecular complexity index is 584. The lowest BCUT2D eigenvalue weighted by atomic mass is 10.2. The molecule has 2 heterocycles. The van der Waals surface area contributed by atoms with Gasteiger partial charge in [0.15, 0.2) is 5.82 Å². The van der Waals surface area contributed by atoms with Crippen molar-refractivity contribution in [1.29, 1.82) is 0 Å². The maximum Gasteiger partial charge on any atom is 0.244 e. The average Bonchev–Trinajstić information content (AvgIpc) is 2.92. The number of aromatic nitrogens is 3. The minimum atomic E-state index is 0.611. The van der Waals surface area contributed by atoms with Crippen LogP contribution in [0.15, 0.2) is 30.5 Å². The number of para-hydroxylation sites is 1. The van der Waals surface area contributed by atoms with Crippen molar-refractivity contribution in [2.24, 2.45) is 0 Å². The summed E-state index contributed by atoms with van der Waals surface area (Å²) in [6, 6.07) is 8.45. The van der Waals surface area contributed by atoms with Crippen LogP contribution in [0.5, 0.6) is 0 Å². The van der Waals surface area contributed by atoms with Crippen LogP contribution in [0.25, 0.3) is 0 Å². The van der Waals surface area contributed by atoms with Crippen molar-refractivity contribution in [1.82, 2.24) is 15.2 Å². The molecule has 0 saturated carbocycles. The molecule has 0 spiro atoms. The summed E-state index contributed by atoms with van der Waals surface area (Å²) in [5, 5.41) is 11.3. The normalized spacial score (nSPS) is 13.3. The van der Waals surface area contributed by atoms with E-state index in [9.17, 15) is 0 Å². The fourth-order valence-corrected chi connectivity index (χ4v) is 2.45. The van der Waals surface area contributed by atoms with Gasteiger partial charge in [0, 0.05) is 18.8 Å². The van der Waals surface area contributed by atoms with Gasteiger partial charge in [0.2, 0.25) is 5.95 Å². The number of benzene rings is 1. The van der Waals surface area contributed by atoms with E-state index < -0.39 is 0 Å². The number of hydrogen-bond acceptors (Lipinski definition) is 5. The number of unbranched alkanes of at least 4 members (excludes halogenated alkanes) is 1. The Morgan fingerprint density at radius 1 is 1.30 bits per heavy atom. The molecule has 0 radical (unpaired) electrons. The summed E-state index contributed by atoms with van der Waals surface area (Å²) in [6.45, 7) is 4.00. The van der Waals surface area contributed by atoms with E-state index in [0.29, 0.717) is 5.95 Å². The van der Waals surface area contributed by atoms with E-state index in [1.165, 1.54) is 11.3 Å². The van der Waals surface area contributed by atoms with Crippen LogP contribution in [0, 0.1) is 0 Å². The number of nitrogens with zero attached hydrogens (tertiary/aromatic N) is 4. The smallest absolute Gasteiger partial charge is 0.244 e. The standard InChI is InChI=1S/C15H19N5/c1-2-3-9-16-15-18-14(11-17-19-15)20-10-8-12-6-4-5-7-13(12)20/h4-7,11H,2-3,8-10H2,1H3,(H,16,18,19). The molecule has 0 atom stereocenters. The van der Waals surface area contributed by atoms with Crippen LogP contribution in [0.4, 0.5) is 17.5 Å². The predicted octanol–water partition coefficient (Wildman–Crippen LogP) is 2.78. The van der Waals surface area contributed by atoms with Crippen LogP contribution >= 0.6 is 0 Å². The summed E-state index contributed by atoms with van der Waals surface area (Å²) < 4.78 is 0. The predicted molar refractivity (Wildman–Crippen MR) is 80.4 cm³/mol. The summed E-state index contributed by atoms with van der Waals surface area (Å²) in [6.07, 6.45) is 5.05. The van der Waals surface area contributed by atoms with E-state index in [2.05, 4.69) is 56.6 Å². The van der Waals surface area contributed by atoms with Gasteiger partial charge in [0.1, 0.15) is 0 Å². The number of rotatable bonds is 5. The maximum atomic E-state index is 4.57. The minimum Gasteiger partial charge on any atom is -0.353 e. The van der Waals surface area contributed by atoms with Gasteiger partial charge in [-0.05, 0) is 24.5 Å². The number of anilines is 3. The highest BCUT2D eigenvalue weighted by molar-refractivity contribution is 5.67. The van der Waals surface area contributed by atoms with Crippen molar-refractivity contribution in [3.8, 4) is 0 Å². The van der Waals surface area contributed by atoms with E-state index in [1.807, 2.05) is 0 Å². The van der Waals surface area contributed by atoms with Crippen LogP contribution in [-0.2, 0) is 6.42 Å². The fraction of sp³-hybridized carbons (Fsp3) is 0.400. The lowest BCUT2D eigenvalue weighted by Crippen LogP contribution is -2.17. The Morgan fingerprint density at radius 3 is 3.10 bits per heavy atom. The molecule has 5 heteroatoms. The van der Waals surface area contributed by atoms with Gasteiger partial charge >= 0.3 is 0 Å². The average molecular weight is 269 g/mol. The molecular formula is C15H19N5. The van der Waals surface area contributed by atoms with Gasteiger partial charge in [-0.3, -0.25) is 0 Å². The third-order valence-electron chi connectivity index (χ3n) is 3.52. The first-order valence-corrected chi connectivity index (χ1v) is 7.17. The monoisotopic (exact) mass is 269 g/mol. The second-order valence-corrected chi connectivity index (χ2v) is 4.95. The molecule has 1 N–H and O–H groups in total. The molecule has 2 aromatic rings. The molecule has 3 rings (SSSR count). The van der Waals surface area contributed by atoms with E-state index in [0.717, 1.165) is 38.2 Å². The van der Waals surface area contributed by atoms with Gasteiger partial charge in [-0.25, -0.2) is 0 Å². The fourth-order valence-electron chi connectivity index (χ4n) is 2.45. The summed E-state index contributed by atoms with van der Waals surface area (Å²) >= 11 is 0. The Kier molecular flexibility index (Phi) is 3.76. The van der Waals surface area contributed by atoms with E-state index >= 15 is 0 Å². The Balaban J connectivity index is 1.79. The highest BCUT2D eigenvalue weighted by Crippen LogP contribution is 2.32. The zero-order valence-corrected chi connectivity index (χ0v) is 11.7. The molecule has 1 aromatic heterocycles. The van der Waals surface area contributed by atoms with Crippen molar-refractivity contribution >= 4 is 17.5 Å². The van der Waals surface area contributed by atoms with Gasteiger partial charge in [0.05, 0.1) is 6.20 Å². The Hall–Kier alpha value is -2.17. The van der Waals surface area contributed by atoms with Crippen LogP contribution in [0.1, 0.15) is 25.3 Å². The van der Waals surface area contributed by atoms with Crippen LogP contribution in [0.3, 0.4) is 0 Å². The van der Waals surface area contributed by atoms with E-state index in [4.69, 9.17) is 0 Å². The molecule has 0 unspecified atom stereocenters. The Labute approximate surface area is 119 Å². The zero-order valence-electron chi connectivity index (χ0n) is 11.7. The van der Waals surface area contributed by atoms with Crippen molar-refractivity contribution in [2.45, 2.75) is 26.2 Å². The first-order chi connectivity index (χ1) is 9.88. The SMILES string of the molecule is CCCCNc1nncc(N2CCc3ccccc32)n1. The Morgan fingerprint density at radius 2 is 2.20 bits per heavy atom. The zero-order chi connectivity index (χ0) is 13.8. The molecule has 1 aliphatic rings. The first kappa shape index (κ1) is 12.8. The molecule has 1 aromatic carbocycles. The molecule has 5 nitrogen and oxygen atoms in total. The van der Waals surface area contributed by atoms with Crippen molar-refractivity contribution in [3.63, 3.8) is 0 Å². The van der Waals surface area contributed by atoms with Gasteiger partial charge in [0.25, 0.3) is 0 Å². The molecular weight excluding hydrogens is 250 g/mol. The summed E-state index contributed by atoms with van der Waals surface area (Å²) in [5.41, 5.74) is 2.60. The van der Waals surface area contributed by atoms with Gasteiger partial charge in [-0.2, -0.15) is 10.1 Å². The highest BCUT2D eigenvalue weighted by atomic mass is 15.3. The number of fused-ring (bicyclic) bond motifs is 1. The van der Waals surface area contributed by atoms with Crippen molar-refractivity contribution in [3.05, 3.63) is 36.0 Å². The molecule has 0 saturated heterocycles. The lowest BCUT2D eigenvalue weighted by Gasteiger charge is -2.18. The summed E-state index contributed by atoms with van der Waals surface area (Å²) in [4.78, 5) is 6.77. The maximum absolute atomic E-state index is 4.57. The first-order valence-electron chi connectivity index (χ1n) is 7.17. The molecule has 1 aliphatic heterocycles. The molecule has 104 valence electrons. The second-order valence-electron chi connectivity index (χ2n) is 4.95. The molecule has 0 aliphatic carbocycles. The largest absolute Gasteiger partial charge is 0.353 e. The number of nitrogens with one attached hydrogen (secondary N) is 1. The summed E-state index contributed by atoms with van der Waals surface area (Å²) in [5.74, 6) is 1.48. The van der Waals surface area contributed by atoms with Crippen LogP contribution < -0.4 is 10.2 Å². The van der Waals surface area contributed by atoms with E-state index in [-0.39, 0.29) is 0 Å². The van der Waals surface area contributed by atoms with Crippen molar-refractivity contribution in [2.75, 3.05) is 23.3 Å². The quantitative estimate of drug-likeness (QED) is 0.846. The molecule has 0 fully saturated rings. The van der Waals surface area contributed by atoms with Crippen molar-refractivity contribution < 1.29 is 0 Å². The number of hydrogen-bond donors (Lipinski definition) is 1. The molecule has 0 amide bonds. The third kappa shape index (κ3) is 2.57. The minimum absolute atomic E-state index is 0.611. The topological polar surface area (TPSA) is 53.9 Å². The van der Waals surface area contributed by atoms with Crippen LogP contribution in [0.2, 0.25) is 0 Å². The van der Waals surface area contributed by atoms with Crippen LogP contribution in [-0.4, -0.2) is 28.3 Å². The highest BCUT2D eigenvalue weighted by Gasteiger charge is 2.21. The third-order valence-corrected chi connectivity index (χ3v) is 3.52.